The molecule has 188 valence electrons. The number of pyridine rings is 1. The maximum Gasteiger partial charge on any atom is 0.252 e. The first-order chi connectivity index (χ1) is 18.0. The second kappa shape index (κ2) is 10.9. The summed E-state index contributed by atoms with van der Waals surface area (Å²) < 4.78 is 1.88. The number of tetrazole rings is 1. The number of H-pyrrole nitrogens is 1. The normalized spacial score (nSPS) is 12.5. The fourth-order valence-electron chi connectivity index (χ4n) is 5.01. The smallest absolute Gasteiger partial charge is 0.252 e. The molecule has 3 aromatic carbocycles. The van der Waals surface area contributed by atoms with Gasteiger partial charge in [-0.25, -0.2) is 4.68 Å². The summed E-state index contributed by atoms with van der Waals surface area (Å²) in [6.07, 6.45) is 0. The number of benzene rings is 3. The maximum atomic E-state index is 13.2. The Morgan fingerprint density at radius 3 is 2.30 bits per heavy atom. The van der Waals surface area contributed by atoms with E-state index in [0.29, 0.717) is 19.6 Å². The number of aryl methyl sites for hydroxylation is 1. The molecule has 0 aliphatic rings. The minimum atomic E-state index is -0.105. The van der Waals surface area contributed by atoms with Crippen molar-refractivity contribution < 1.29 is 0 Å². The minimum absolute atomic E-state index is 0.0637. The summed E-state index contributed by atoms with van der Waals surface area (Å²) in [5.74, 6) is 0.994. The number of nitrogens with zero attached hydrogens (tertiary/aromatic N) is 5. The fraction of sp³-hybridized carbons (Fsp3) is 0.267. The summed E-state index contributed by atoms with van der Waals surface area (Å²) in [6, 6.07) is 28.5. The third-order valence-corrected chi connectivity index (χ3v) is 6.79. The Morgan fingerprint density at radius 1 is 0.892 bits per heavy atom. The molecule has 0 saturated carbocycles. The van der Waals surface area contributed by atoms with Crippen LogP contribution in [0.25, 0.3) is 10.9 Å². The van der Waals surface area contributed by atoms with Gasteiger partial charge in [0.1, 0.15) is 0 Å². The van der Waals surface area contributed by atoms with E-state index in [2.05, 4.69) is 63.5 Å². The lowest BCUT2D eigenvalue weighted by Gasteiger charge is -2.33. The lowest BCUT2D eigenvalue weighted by Crippen LogP contribution is -2.35. The predicted molar refractivity (Wildman–Crippen MR) is 146 cm³/mol. The first kappa shape index (κ1) is 24.6. The van der Waals surface area contributed by atoms with E-state index in [1.807, 2.05) is 72.3 Å². The van der Waals surface area contributed by atoms with E-state index < -0.39 is 0 Å². The molecule has 37 heavy (non-hydrogen) atoms. The molecule has 5 aromatic rings. The number of aromatic nitrogens is 5. The number of hydrogen-bond acceptors (Lipinski definition) is 5. The summed E-state index contributed by atoms with van der Waals surface area (Å²) in [4.78, 5) is 18.7. The molecule has 0 radical (unpaired) electrons. The molecule has 0 fully saturated rings. The fourth-order valence-corrected chi connectivity index (χ4v) is 5.01. The summed E-state index contributed by atoms with van der Waals surface area (Å²) in [5.41, 5.74) is 4.91. The van der Waals surface area contributed by atoms with E-state index in [0.717, 1.165) is 33.4 Å². The van der Waals surface area contributed by atoms with Crippen LogP contribution < -0.4 is 5.56 Å². The zero-order valence-electron chi connectivity index (χ0n) is 21.5. The van der Waals surface area contributed by atoms with E-state index in [1.54, 1.807) is 0 Å². The standard InChI is InChI=1S/C30H32N6O/c1-21(2)28(29-32-33-34-36(29)19-24-14-8-5-9-15-24)35(18-23-12-6-4-7-13-23)20-26-17-25-16-10-11-22(3)27(25)31-30(26)37/h4-17,21,28H,18-20H2,1-3H3,(H,31,37)/t28-/m1/s1. The lowest BCUT2D eigenvalue weighted by molar-refractivity contribution is 0.126. The average molecular weight is 493 g/mol. The quantitative estimate of drug-likeness (QED) is 0.303. The van der Waals surface area contributed by atoms with Crippen LogP contribution in [0.3, 0.4) is 0 Å². The minimum Gasteiger partial charge on any atom is -0.321 e. The number of para-hydroxylation sites is 1. The predicted octanol–water partition coefficient (Wildman–Crippen LogP) is 5.27. The molecule has 7 nitrogen and oxygen atoms in total. The van der Waals surface area contributed by atoms with Gasteiger partial charge in [0.05, 0.1) is 18.1 Å². The molecule has 0 spiro atoms. The van der Waals surface area contributed by atoms with Crippen LogP contribution in [0.2, 0.25) is 0 Å². The van der Waals surface area contributed by atoms with Gasteiger partial charge in [-0.05, 0) is 51.4 Å². The van der Waals surface area contributed by atoms with Crippen LogP contribution in [0.1, 0.15) is 48.0 Å². The second-order valence-electron chi connectivity index (χ2n) is 9.92. The molecular weight excluding hydrogens is 460 g/mol. The highest BCUT2D eigenvalue weighted by Gasteiger charge is 2.30. The highest BCUT2D eigenvalue weighted by atomic mass is 16.1. The molecule has 0 amide bonds. The molecule has 0 aliphatic heterocycles. The van der Waals surface area contributed by atoms with Crippen molar-refractivity contribution in [3.8, 4) is 0 Å². The van der Waals surface area contributed by atoms with Gasteiger partial charge in [-0.3, -0.25) is 9.69 Å². The van der Waals surface area contributed by atoms with Crippen molar-refractivity contribution in [3.63, 3.8) is 0 Å². The maximum absolute atomic E-state index is 13.2. The highest BCUT2D eigenvalue weighted by molar-refractivity contribution is 5.81. The Balaban J connectivity index is 1.55. The van der Waals surface area contributed by atoms with Crippen LogP contribution in [0.4, 0.5) is 0 Å². The largest absolute Gasteiger partial charge is 0.321 e. The third-order valence-electron chi connectivity index (χ3n) is 6.79. The van der Waals surface area contributed by atoms with Gasteiger partial charge in [0.2, 0.25) is 0 Å². The van der Waals surface area contributed by atoms with Gasteiger partial charge in [0.25, 0.3) is 5.56 Å². The lowest BCUT2D eigenvalue weighted by atomic mass is 9.99. The van der Waals surface area contributed by atoms with E-state index >= 15 is 0 Å². The Bertz CT molecular complexity index is 1520. The van der Waals surface area contributed by atoms with Gasteiger partial charge in [-0.2, -0.15) is 0 Å². The Morgan fingerprint density at radius 2 is 1.59 bits per heavy atom. The highest BCUT2D eigenvalue weighted by Crippen LogP contribution is 2.30. The van der Waals surface area contributed by atoms with Crippen LogP contribution in [-0.2, 0) is 19.6 Å². The topological polar surface area (TPSA) is 79.7 Å². The van der Waals surface area contributed by atoms with Crippen LogP contribution in [0.15, 0.2) is 89.7 Å². The first-order valence-corrected chi connectivity index (χ1v) is 12.7. The summed E-state index contributed by atoms with van der Waals surface area (Å²) in [6.45, 7) is 8.08. The van der Waals surface area contributed by atoms with Crippen molar-refractivity contribution >= 4 is 10.9 Å². The van der Waals surface area contributed by atoms with Gasteiger partial charge in [0, 0.05) is 18.7 Å². The van der Waals surface area contributed by atoms with Crippen molar-refractivity contribution in [1.29, 1.82) is 0 Å². The Hall–Kier alpha value is -4.10. The second-order valence-corrected chi connectivity index (χ2v) is 9.92. The Kier molecular flexibility index (Phi) is 7.23. The van der Waals surface area contributed by atoms with E-state index in [4.69, 9.17) is 0 Å². The van der Waals surface area contributed by atoms with Gasteiger partial charge in [0.15, 0.2) is 5.82 Å². The number of aromatic amines is 1. The molecule has 2 heterocycles. The van der Waals surface area contributed by atoms with E-state index in [1.165, 1.54) is 5.56 Å². The number of rotatable bonds is 9. The molecule has 0 bridgehead atoms. The molecular formula is C30H32N6O. The van der Waals surface area contributed by atoms with Crippen LogP contribution in [0.5, 0.6) is 0 Å². The van der Waals surface area contributed by atoms with E-state index in [-0.39, 0.29) is 17.5 Å². The zero-order chi connectivity index (χ0) is 25.8. The van der Waals surface area contributed by atoms with Crippen molar-refractivity contribution in [2.45, 2.75) is 46.4 Å². The SMILES string of the molecule is Cc1cccc2cc(CN(Cc3ccccc3)[C@@H](c3nnnn3Cc3ccccc3)C(C)C)c(=O)[nH]c12. The number of nitrogens with one attached hydrogen (secondary N) is 1. The van der Waals surface area contributed by atoms with Crippen molar-refractivity contribution in [3.05, 3.63) is 123 Å². The van der Waals surface area contributed by atoms with Gasteiger partial charge < -0.3 is 4.98 Å². The van der Waals surface area contributed by atoms with Crippen LogP contribution >= 0.6 is 0 Å². The Labute approximate surface area is 216 Å². The number of hydrogen-bond donors (Lipinski definition) is 1. The molecule has 1 atom stereocenters. The van der Waals surface area contributed by atoms with Gasteiger partial charge in [-0.1, -0.05) is 92.7 Å². The monoisotopic (exact) mass is 492 g/mol. The molecule has 7 heteroatoms. The molecule has 0 unspecified atom stereocenters. The van der Waals surface area contributed by atoms with Gasteiger partial charge >= 0.3 is 0 Å². The average Bonchev–Trinajstić information content (AvgIpc) is 3.33. The van der Waals surface area contributed by atoms with Crippen molar-refractivity contribution in [2.24, 2.45) is 5.92 Å². The first-order valence-electron chi connectivity index (χ1n) is 12.7. The van der Waals surface area contributed by atoms with Gasteiger partial charge in [-0.15, -0.1) is 5.10 Å². The van der Waals surface area contributed by atoms with Crippen LogP contribution in [0, 0.1) is 12.8 Å². The van der Waals surface area contributed by atoms with Crippen molar-refractivity contribution in [2.75, 3.05) is 0 Å². The summed E-state index contributed by atoms with van der Waals surface area (Å²) in [5, 5.41) is 13.9. The zero-order valence-corrected chi connectivity index (χ0v) is 21.5. The summed E-state index contributed by atoms with van der Waals surface area (Å²) >= 11 is 0. The van der Waals surface area contributed by atoms with Crippen LogP contribution in [-0.4, -0.2) is 30.1 Å². The van der Waals surface area contributed by atoms with Crippen molar-refractivity contribution in [1.82, 2.24) is 30.1 Å². The molecule has 1 N–H and O–H groups in total. The molecule has 5 rings (SSSR count). The van der Waals surface area contributed by atoms with E-state index in [9.17, 15) is 4.79 Å². The summed E-state index contributed by atoms with van der Waals surface area (Å²) in [7, 11) is 0. The molecule has 0 aliphatic carbocycles. The molecule has 0 saturated heterocycles. The molecule has 2 aromatic heterocycles. The third kappa shape index (κ3) is 5.52. The number of fused-ring (bicyclic) bond motifs is 1.